The van der Waals surface area contributed by atoms with E-state index in [0.717, 1.165) is 45.4 Å². The van der Waals surface area contributed by atoms with Crippen molar-refractivity contribution in [3.63, 3.8) is 0 Å². The number of halogens is 1. The van der Waals surface area contributed by atoms with Crippen LogP contribution in [0.3, 0.4) is 0 Å². The number of hydrogen-bond donors (Lipinski definition) is 0. The number of hydrogen-bond acceptors (Lipinski definition) is 3. The first-order chi connectivity index (χ1) is 9.33. The van der Waals surface area contributed by atoms with E-state index in [1.807, 2.05) is 30.5 Å². The summed E-state index contributed by atoms with van der Waals surface area (Å²) in [5.74, 6) is 0.728. The molecule has 3 nitrogen and oxygen atoms in total. The van der Waals surface area contributed by atoms with Gasteiger partial charge in [0.2, 0.25) is 0 Å². The quantitative estimate of drug-likeness (QED) is 0.674. The highest BCUT2D eigenvalue weighted by atomic mass is 79.9. The van der Waals surface area contributed by atoms with Crippen LogP contribution in [0.4, 0.5) is 0 Å². The zero-order valence-corrected chi connectivity index (χ0v) is 12.1. The Kier molecular flexibility index (Phi) is 3.34. The number of benzene rings is 1. The molecule has 0 aliphatic heterocycles. The van der Waals surface area contributed by atoms with Gasteiger partial charge in [-0.1, -0.05) is 41.1 Å². The monoisotopic (exact) mass is 316 g/mol. The van der Waals surface area contributed by atoms with Crippen molar-refractivity contribution in [2.24, 2.45) is 0 Å². The molecule has 0 N–H and O–H groups in total. The highest BCUT2D eigenvalue weighted by Crippen LogP contribution is 2.28. The maximum atomic E-state index is 5.54. The fourth-order valence-corrected chi connectivity index (χ4v) is 2.61. The third kappa shape index (κ3) is 2.16. The first kappa shape index (κ1) is 12.4. The van der Waals surface area contributed by atoms with Crippen LogP contribution in [0.15, 0.2) is 41.1 Å². The molecule has 0 fully saturated rings. The van der Waals surface area contributed by atoms with E-state index in [2.05, 4.69) is 32.8 Å². The van der Waals surface area contributed by atoms with Gasteiger partial charge in [-0.05, 0) is 12.5 Å². The fourth-order valence-electron chi connectivity index (χ4n) is 2.14. The van der Waals surface area contributed by atoms with Crippen LogP contribution < -0.4 is 0 Å². The van der Waals surface area contributed by atoms with Crippen molar-refractivity contribution in [1.82, 2.24) is 9.97 Å². The molecule has 2 heterocycles. The minimum absolute atomic E-state index is 0.728. The summed E-state index contributed by atoms with van der Waals surface area (Å²) in [6.07, 6.45) is 4.51. The summed E-state index contributed by atoms with van der Waals surface area (Å²) in [5.41, 5.74) is 4.03. The molecule has 0 atom stereocenters. The normalized spacial score (nSPS) is 11.1. The molecule has 0 aliphatic carbocycles. The molecule has 19 heavy (non-hydrogen) atoms. The van der Waals surface area contributed by atoms with E-state index in [0.29, 0.717) is 0 Å². The maximum Gasteiger partial charge on any atom is 0.163 e. The van der Waals surface area contributed by atoms with Crippen LogP contribution in [-0.4, -0.2) is 9.97 Å². The van der Waals surface area contributed by atoms with Crippen molar-refractivity contribution in [2.45, 2.75) is 18.7 Å². The van der Waals surface area contributed by atoms with Gasteiger partial charge in [0.1, 0.15) is 11.8 Å². The minimum Gasteiger partial charge on any atom is -0.464 e. The lowest BCUT2D eigenvalue weighted by molar-refractivity contribution is 0.616. The third-order valence-electron chi connectivity index (χ3n) is 3.15. The molecule has 0 spiro atoms. The molecule has 3 rings (SSSR count). The van der Waals surface area contributed by atoms with Crippen LogP contribution in [0.1, 0.15) is 18.2 Å². The van der Waals surface area contributed by atoms with Crippen LogP contribution in [0.2, 0.25) is 0 Å². The van der Waals surface area contributed by atoms with Crippen molar-refractivity contribution in [2.75, 3.05) is 0 Å². The van der Waals surface area contributed by atoms with Crippen LogP contribution in [0.25, 0.3) is 22.4 Å². The summed E-state index contributed by atoms with van der Waals surface area (Å²) < 4.78 is 5.54. The molecule has 0 bridgehead atoms. The number of rotatable bonds is 3. The number of nitrogens with zero attached hydrogens (tertiary/aromatic N) is 2. The fraction of sp³-hybridized carbons (Fsp3) is 0.200. The molecular weight excluding hydrogens is 304 g/mol. The summed E-state index contributed by atoms with van der Waals surface area (Å²) >= 11 is 3.46. The second-order valence-electron chi connectivity index (χ2n) is 4.30. The van der Waals surface area contributed by atoms with Crippen LogP contribution in [0, 0.1) is 0 Å². The summed E-state index contributed by atoms with van der Waals surface area (Å²) in [4.78, 5) is 9.10. The Hall–Kier alpha value is -1.68. The molecule has 0 amide bonds. The molecule has 1 aromatic carbocycles. The van der Waals surface area contributed by atoms with Gasteiger partial charge >= 0.3 is 0 Å². The van der Waals surface area contributed by atoms with Crippen molar-refractivity contribution in [3.8, 4) is 11.4 Å². The summed E-state index contributed by atoms with van der Waals surface area (Å²) in [7, 11) is 0. The largest absolute Gasteiger partial charge is 0.464 e. The lowest BCUT2D eigenvalue weighted by atomic mass is 10.1. The Morgan fingerprint density at radius 1 is 1.26 bits per heavy atom. The number of aromatic nitrogens is 2. The molecular formula is C15H13BrN2O. The smallest absolute Gasteiger partial charge is 0.163 e. The Labute approximate surface area is 119 Å². The first-order valence-electron chi connectivity index (χ1n) is 6.21. The van der Waals surface area contributed by atoms with Gasteiger partial charge in [-0.3, -0.25) is 0 Å². The Morgan fingerprint density at radius 2 is 2.11 bits per heavy atom. The van der Waals surface area contributed by atoms with E-state index < -0.39 is 0 Å². The molecule has 0 unspecified atom stereocenters. The summed E-state index contributed by atoms with van der Waals surface area (Å²) in [6.45, 7) is 2.10. The lowest BCUT2D eigenvalue weighted by Gasteiger charge is -2.05. The standard InChI is InChI=1S/C15H13BrN2O/c1-2-13-10(7-16)8-17-15(18-13)12-9-19-14-6-4-3-5-11(12)14/h3-6,8-9H,2,7H2,1H3. The van der Waals surface area contributed by atoms with Crippen LogP contribution in [-0.2, 0) is 11.8 Å². The zero-order chi connectivity index (χ0) is 13.2. The highest BCUT2D eigenvalue weighted by molar-refractivity contribution is 9.08. The predicted octanol–water partition coefficient (Wildman–Crippen LogP) is 4.35. The average Bonchev–Trinajstić information content (AvgIpc) is 2.90. The molecule has 2 aromatic heterocycles. The van der Waals surface area contributed by atoms with Crippen molar-refractivity contribution in [3.05, 3.63) is 48.0 Å². The van der Waals surface area contributed by atoms with E-state index in [-0.39, 0.29) is 0 Å². The Morgan fingerprint density at radius 3 is 2.89 bits per heavy atom. The second kappa shape index (κ2) is 5.13. The third-order valence-corrected chi connectivity index (χ3v) is 3.76. The molecule has 0 radical (unpaired) electrons. The molecule has 96 valence electrons. The number of aryl methyl sites for hydroxylation is 1. The van der Waals surface area contributed by atoms with Crippen LogP contribution >= 0.6 is 15.9 Å². The van der Waals surface area contributed by atoms with Gasteiger partial charge in [0.05, 0.1) is 5.56 Å². The lowest BCUT2D eigenvalue weighted by Crippen LogP contribution is -1.99. The van der Waals surface area contributed by atoms with Gasteiger partial charge in [0, 0.05) is 28.2 Å². The van der Waals surface area contributed by atoms with Crippen molar-refractivity contribution < 1.29 is 4.42 Å². The molecule has 0 saturated heterocycles. The van der Waals surface area contributed by atoms with E-state index in [4.69, 9.17) is 4.42 Å². The Bertz CT molecular complexity index is 721. The maximum absolute atomic E-state index is 5.54. The van der Waals surface area contributed by atoms with E-state index in [9.17, 15) is 0 Å². The number of para-hydroxylation sites is 1. The summed E-state index contributed by atoms with van der Waals surface area (Å²) in [6, 6.07) is 7.94. The zero-order valence-electron chi connectivity index (χ0n) is 10.6. The number of furan rings is 1. The molecule has 4 heteroatoms. The van der Waals surface area contributed by atoms with Gasteiger partial charge in [-0.25, -0.2) is 9.97 Å². The van der Waals surface area contributed by atoms with E-state index in [1.165, 1.54) is 0 Å². The summed E-state index contributed by atoms with van der Waals surface area (Å²) in [5, 5.41) is 1.83. The SMILES string of the molecule is CCc1nc(-c2coc3ccccc23)ncc1CBr. The van der Waals surface area contributed by atoms with Gasteiger partial charge in [-0.2, -0.15) is 0 Å². The van der Waals surface area contributed by atoms with Crippen molar-refractivity contribution >= 4 is 26.9 Å². The molecule has 3 aromatic rings. The van der Waals surface area contributed by atoms with Gasteiger partial charge in [-0.15, -0.1) is 0 Å². The molecule has 0 aliphatic rings. The first-order valence-corrected chi connectivity index (χ1v) is 7.33. The van der Waals surface area contributed by atoms with E-state index >= 15 is 0 Å². The molecule has 0 saturated carbocycles. The average molecular weight is 317 g/mol. The predicted molar refractivity (Wildman–Crippen MR) is 79.2 cm³/mol. The van der Waals surface area contributed by atoms with Crippen molar-refractivity contribution in [1.29, 1.82) is 0 Å². The Balaban J connectivity index is 2.16. The minimum atomic E-state index is 0.728. The van der Waals surface area contributed by atoms with Crippen LogP contribution in [0.5, 0.6) is 0 Å². The highest BCUT2D eigenvalue weighted by Gasteiger charge is 2.12. The van der Waals surface area contributed by atoms with Gasteiger partial charge in [0.15, 0.2) is 5.82 Å². The van der Waals surface area contributed by atoms with Gasteiger partial charge < -0.3 is 4.42 Å². The van der Waals surface area contributed by atoms with E-state index in [1.54, 1.807) is 6.26 Å². The topological polar surface area (TPSA) is 38.9 Å². The number of alkyl halides is 1. The van der Waals surface area contributed by atoms with Gasteiger partial charge in [0.25, 0.3) is 0 Å². The number of fused-ring (bicyclic) bond motifs is 1. The second-order valence-corrected chi connectivity index (χ2v) is 4.86.